The number of carbonyl (C=O) groups excluding carboxylic acids is 1. The number of nitriles is 3. The maximum absolute atomic E-state index is 11.1. The molecule has 1 aromatic carbocycles. The van der Waals surface area contributed by atoms with E-state index < -0.39 is 0 Å². The summed E-state index contributed by atoms with van der Waals surface area (Å²) in [6.45, 7) is 1.72. The summed E-state index contributed by atoms with van der Waals surface area (Å²) in [6, 6.07) is 4.00. The lowest BCUT2D eigenvalue weighted by atomic mass is 10.3. The Labute approximate surface area is 166 Å². The van der Waals surface area contributed by atoms with E-state index in [0.717, 1.165) is 9.13 Å². The number of benzene rings is 1. The van der Waals surface area contributed by atoms with Gasteiger partial charge in [0, 0.05) is 5.57 Å². The van der Waals surface area contributed by atoms with Gasteiger partial charge in [0.15, 0.2) is 12.0 Å². The highest BCUT2D eigenvalue weighted by Gasteiger charge is 2.38. The fourth-order valence-corrected chi connectivity index (χ4v) is 7.43. The second-order valence-electron chi connectivity index (χ2n) is 4.74. The van der Waals surface area contributed by atoms with Crippen LogP contribution in [0.15, 0.2) is 39.2 Å². The van der Waals surface area contributed by atoms with Gasteiger partial charge in [-0.25, -0.2) is 0 Å². The molecule has 0 amide bonds. The fourth-order valence-electron chi connectivity index (χ4n) is 2.15. The summed E-state index contributed by atoms with van der Waals surface area (Å²) in [7, 11) is 1.53. The average molecular weight is 418 g/mol. The number of rotatable bonds is 3. The van der Waals surface area contributed by atoms with Crippen LogP contribution in [0.1, 0.15) is 6.92 Å². The molecule has 0 N–H and O–H groups in total. The van der Waals surface area contributed by atoms with E-state index in [9.17, 15) is 4.79 Å². The minimum atomic E-state index is 0.0162. The second-order valence-corrected chi connectivity index (χ2v) is 9.33. The maximum atomic E-state index is 11.1. The second kappa shape index (κ2) is 7.61. The summed E-state index contributed by atoms with van der Waals surface area (Å²) < 4.78 is 12.1. The Morgan fingerprint density at radius 1 is 0.923 bits per heavy atom. The van der Waals surface area contributed by atoms with E-state index in [1.165, 1.54) is 54.2 Å². The molecule has 2 aliphatic rings. The molecule has 0 radical (unpaired) electrons. The van der Waals surface area contributed by atoms with Crippen molar-refractivity contribution in [3.8, 4) is 29.9 Å². The van der Waals surface area contributed by atoms with Crippen molar-refractivity contribution in [2.45, 2.75) is 26.5 Å². The number of methoxy groups -OCH3 is 1. The average Bonchev–Trinajstić information content (AvgIpc) is 3.27. The first-order valence-corrected chi connectivity index (χ1v) is 10.1. The molecule has 3 rings (SSSR count). The molecule has 2 aliphatic heterocycles. The maximum Gasteiger partial charge on any atom is 0.292 e. The first-order chi connectivity index (χ1) is 12.6. The van der Waals surface area contributed by atoms with Crippen LogP contribution in [0, 0.1) is 34.2 Å². The van der Waals surface area contributed by atoms with Crippen LogP contribution >= 0.6 is 47.0 Å². The van der Waals surface area contributed by atoms with Gasteiger partial charge in [0.2, 0.25) is 0 Å². The molecule has 0 aromatic heterocycles. The SMILES string of the molecule is COc1c2c(c(OC#N)c3c1S/C(=C(/C#N)C=O)S3)S/C(=C(\C)C#N)S2. The zero-order valence-corrected chi connectivity index (χ0v) is 16.5. The molecule has 10 heteroatoms. The van der Waals surface area contributed by atoms with Gasteiger partial charge in [-0.15, -0.1) is 5.26 Å². The minimum Gasteiger partial charge on any atom is -0.494 e. The Morgan fingerprint density at radius 2 is 1.46 bits per heavy atom. The third-order valence-corrected chi connectivity index (χ3v) is 8.73. The zero-order chi connectivity index (χ0) is 18.8. The number of allylic oxidation sites excluding steroid dienone is 2. The van der Waals surface area contributed by atoms with Crippen LogP contribution in [-0.4, -0.2) is 13.4 Å². The molecule has 0 spiro atoms. The van der Waals surface area contributed by atoms with Gasteiger partial charge >= 0.3 is 0 Å². The summed E-state index contributed by atoms with van der Waals surface area (Å²) in [4.78, 5) is 13.9. The molecule has 0 unspecified atom stereocenters. The number of ether oxygens (including phenoxy) is 2. The van der Waals surface area contributed by atoms with E-state index in [1.807, 2.05) is 6.07 Å². The number of fused-ring (bicyclic) bond motifs is 2. The van der Waals surface area contributed by atoms with Crippen molar-refractivity contribution in [2.24, 2.45) is 0 Å². The molecule has 26 heavy (non-hydrogen) atoms. The topological polar surface area (TPSA) is 107 Å². The lowest BCUT2D eigenvalue weighted by molar-refractivity contribution is -0.104. The van der Waals surface area contributed by atoms with Gasteiger partial charge in [0.1, 0.15) is 17.4 Å². The van der Waals surface area contributed by atoms with Gasteiger partial charge in [0.05, 0.1) is 41.2 Å². The molecule has 0 saturated carbocycles. The predicted molar refractivity (Wildman–Crippen MR) is 99.7 cm³/mol. The van der Waals surface area contributed by atoms with Crippen molar-refractivity contribution in [2.75, 3.05) is 7.11 Å². The largest absolute Gasteiger partial charge is 0.494 e. The van der Waals surface area contributed by atoms with Gasteiger partial charge < -0.3 is 9.47 Å². The highest BCUT2D eigenvalue weighted by molar-refractivity contribution is 8.26. The standard InChI is InChI=1S/C16H7N3O3S4/c1-7(3-17)15-23-11-9(21-2)12-14(10(22-6-19)13(11)24-15)26-16(25-12)8(4-18)5-20/h5H,1-2H3/b15-7+,16-8+. The zero-order valence-electron chi connectivity index (χ0n) is 13.3. The molecule has 0 aliphatic carbocycles. The number of thioether (sulfide) groups is 4. The fraction of sp³-hybridized carbons (Fsp3) is 0.125. The molecule has 128 valence electrons. The highest BCUT2D eigenvalue weighted by atomic mass is 32.2. The van der Waals surface area contributed by atoms with E-state index in [4.69, 9.17) is 25.3 Å². The Bertz CT molecular complexity index is 1030. The third kappa shape index (κ3) is 2.94. The van der Waals surface area contributed by atoms with Crippen LogP contribution in [0.2, 0.25) is 0 Å². The number of aldehydes is 1. The smallest absolute Gasteiger partial charge is 0.292 e. The third-order valence-electron chi connectivity index (χ3n) is 3.30. The molecule has 1 aromatic rings. The molecule has 0 fully saturated rings. The van der Waals surface area contributed by atoms with Gasteiger partial charge in [-0.1, -0.05) is 47.0 Å². The van der Waals surface area contributed by atoms with Crippen molar-refractivity contribution in [3.63, 3.8) is 0 Å². The van der Waals surface area contributed by atoms with Gasteiger partial charge in [-0.2, -0.15) is 10.5 Å². The lowest BCUT2D eigenvalue weighted by Crippen LogP contribution is -1.94. The molecule has 2 heterocycles. The summed E-state index contributed by atoms with van der Waals surface area (Å²) in [6.07, 6.45) is 2.20. The van der Waals surface area contributed by atoms with Gasteiger partial charge in [0.25, 0.3) is 6.26 Å². The summed E-state index contributed by atoms with van der Waals surface area (Å²) in [5.41, 5.74) is 0.581. The van der Waals surface area contributed by atoms with Crippen LogP contribution in [0.4, 0.5) is 0 Å². The van der Waals surface area contributed by atoms with Crippen molar-refractivity contribution < 1.29 is 14.3 Å². The number of hydrogen-bond donors (Lipinski definition) is 0. The molecule has 0 bridgehead atoms. The summed E-state index contributed by atoms with van der Waals surface area (Å²) in [5.74, 6) is 0.932. The normalized spacial score (nSPS) is 18.0. The number of carbonyl (C=O) groups is 1. The van der Waals surface area contributed by atoms with Crippen molar-refractivity contribution in [1.82, 2.24) is 0 Å². The van der Waals surface area contributed by atoms with Gasteiger partial charge in [-0.05, 0) is 6.92 Å². The Morgan fingerprint density at radius 3 is 1.88 bits per heavy atom. The molecular formula is C16H7N3O3S4. The predicted octanol–water partition coefficient (Wildman–Crippen LogP) is 4.64. The van der Waals surface area contributed by atoms with Crippen LogP contribution in [-0.2, 0) is 4.79 Å². The first-order valence-electron chi connectivity index (χ1n) is 6.85. The monoisotopic (exact) mass is 417 g/mol. The molecule has 0 saturated heterocycles. The van der Waals surface area contributed by atoms with Crippen molar-refractivity contribution >= 4 is 53.3 Å². The molecule has 0 atom stereocenters. The van der Waals surface area contributed by atoms with E-state index in [2.05, 4.69) is 6.07 Å². The quantitative estimate of drug-likeness (QED) is 0.299. The van der Waals surface area contributed by atoms with E-state index in [0.29, 0.717) is 42.3 Å². The summed E-state index contributed by atoms with van der Waals surface area (Å²) in [5, 5.41) is 27.4. The Balaban J connectivity index is 2.25. The van der Waals surface area contributed by atoms with Crippen LogP contribution < -0.4 is 9.47 Å². The van der Waals surface area contributed by atoms with Gasteiger partial charge in [-0.3, -0.25) is 4.79 Å². The first kappa shape index (κ1) is 18.6. The van der Waals surface area contributed by atoms with Crippen LogP contribution in [0.3, 0.4) is 0 Å². The lowest BCUT2D eigenvalue weighted by Gasteiger charge is -2.13. The minimum absolute atomic E-state index is 0.0162. The Kier molecular flexibility index (Phi) is 5.45. The van der Waals surface area contributed by atoms with Crippen LogP contribution in [0.25, 0.3) is 0 Å². The van der Waals surface area contributed by atoms with Crippen molar-refractivity contribution in [3.05, 3.63) is 19.6 Å². The van der Waals surface area contributed by atoms with Crippen molar-refractivity contribution in [1.29, 1.82) is 15.8 Å². The van der Waals surface area contributed by atoms with E-state index >= 15 is 0 Å². The van der Waals surface area contributed by atoms with Crippen LogP contribution in [0.5, 0.6) is 11.5 Å². The molecular weight excluding hydrogens is 410 g/mol. The molecule has 6 nitrogen and oxygen atoms in total. The number of hydrogen-bond acceptors (Lipinski definition) is 10. The van der Waals surface area contributed by atoms with E-state index in [-0.39, 0.29) is 5.57 Å². The van der Waals surface area contributed by atoms with E-state index in [1.54, 1.807) is 13.2 Å². The highest BCUT2D eigenvalue weighted by Crippen LogP contribution is 2.68. The summed E-state index contributed by atoms with van der Waals surface area (Å²) >= 11 is 5.16. The Hall–Kier alpha value is -2.16. The number of nitrogens with zero attached hydrogens (tertiary/aromatic N) is 3.